The van der Waals surface area contributed by atoms with Gasteiger partial charge in [0.25, 0.3) is 0 Å². The topological polar surface area (TPSA) is 117 Å². The summed E-state index contributed by atoms with van der Waals surface area (Å²) in [6, 6.07) is 10.4. The van der Waals surface area contributed by atoms with Gasteiger partial charge in [0, 0.05) is 17.1 Å². The first kappa shape index (κ1) is 24.8. The lowest BCUT2D eigenvalue weighted by Gasteiger charge is -2.21. The Labute approximate surface area is 208 Å². The molecule has 0 aliphatic heterocycles. The summed E-state index contributed by atoms with van der Waals surface area (Å²) in [6.45, 7) is 9.07. The Morgan fingerprint density at radius 1 is 1.22 bits per heavy atom. The maximum Gasteiger partial charge on any atom is 0.419 e. The third-order valence-electron chi connectivity index (χ3n) is 5.56. The number of aryl methyl sites for hydroxylation is 1. The average molecular weight is 490 g/mol. The van der Waals surface area contributed by atoms with Crippen molar-refractivity contribution >= 4 is 34.1 Å². The number of fused-ring (bicyclic) bond motifs is 2. The van der Waals surface area contributed by atoms with Gasteiger partial charge in [0.2, 0.25) is 5.89 Å². The number of methoxy groups -OCH3 is 1. The summed E-state index contributed by atoms with van der Waals surface area (Å²) in [4.78, 5) is 30.8. The average Bonchev–Trinajstić information content (AvgIpc) is 3.44. The van der Waals surface area contributed by atoms with E-state index in [0.29, 0.717) is 38.9 Å². The Morgan fingerprint density at radius 2 is 1.97 bits per heavy atom. The van der Waals surface area contributed by atoms with Crippen LogP contribution >= 0.6 is 0 Å². The molecule has 0 fully saturated rings. The third kappa shape index (κ3) is 4.50. The molecule has 0 aliphatic rings. The Bertz CT molecular complexity index is 1520. The molecule has 2 heterocycles. The molecule has 0 saturated heterocycles. The normalized spacial score (nSPS) is 12.4. The smallest absolute Gasteiger partial charge is 0.419 e. The van der Waals surface area contributed by atoms with Gasteiger partial charge in [-0.3, -0.25) is 9.36 Å². The fourth-order valence-electron chi connectivity index (χ4n) is 4.16. The monoisotopic (exact) mass is 489 g/mol. The number of hydrogen-bond donors (Lipinski definition) is 0. The third-order valence-corrected chi connectivity index (χ3v) is 5.56. The SMILES string of the molecule is CCOC(=O)C(c1nc2cc(C#N)ccc2o1)c1c(OC)cc(C)c2c1ccn2C(=O)OC(C)(C)C. The lowest BCUT2D eigenvalue weighted by molar-refractivity contribution is -0.144. The van der Waals surface area contributed by atoms with E-state index in [1.165, 1.54) is 11.7 Å². The molecule has 2 aromatic carbocycles. The molecule has 4 rings (SSSR count). The highest BCUT2D eigenvalue weighted by Gasteiger charge is 2.35. The molecule has 2 aromatic heterocycles. The highest BCUT2D eigenvalue weighted by Crippen LogP contribution is 2.41. The predicted molar refractivity (Wildman–Crippen MR) is 132 cm³/mol. The van der Waals surface area contributed by atoms with Gasteiger partial charge in [0.05, 0.1) is 30.9 Å². The lowest BCUT2D eigenvalue weighted by atomic mass is 9.92. The number of nitrogens with zero attached hydrogens (tertiary/aromatic N) is 3. The zero-order valence-electron chi connectivity index (χ0n) is 21.0. The van der Waals surface area contributed by atoms with Crippen molar-refractivity contribution in [1.29, 1.82) is 5.26 Å². The maximum atomic E-state index is 13.3. The van der Waals surface area contributed by atoms with Crippen LogP contribution in [0.1, 0.15) is 56.2 Å². The second-order valence-corrected chi connectivity index (χ2v) is 9.27. The number of aromatic nitrogens is 2. The summed E-state index contributed by atoms with van der Waals surface area (Å²) >= 11 is 0. The van der Waals surface area contributed by atoms with Crippen LogP contribution in [0.3, 0.4) is 0 Å². The second kappa shape index (κ2) is 9.38. The summed E-state index contributed by atoms with van der Waals surface area (Å²) < 4.78 is 24.1. The van der Waals surface area contributed by atoms with E-state index in [2.05, 4.69) is 11.1 Å². The zero-order chi connectivity index (χ0) is 26.2. The molecule has 0 N–H and O–H groups in total. The number of oxazole rings is 1. The number of ether oxygens (including phenoxy) is 3. The van der Waals surface area contributed by atoms with Gasteiger partial charge >= 0.3 is 12.1 Å². The van der Waals surface area contributed by atoms with Crippen LogP contribution in [0.15, 0.2) is 40.9 Å². The van der Waals surface area contributed by atoms with Crippen molar-refractivity contribution < 1.29 is 28.2 Å². The molecule has 186 valence electrons. The molecule has 9 nitrogen and oxygen atoms in total. The van der Waals surface area contributed by atoms with Gasteiger partial charge in [-0.05, 0) is 70.5 Å². The van der Waals surface area contributed by atoms with Crippen molar-refractivity contribution in [2.75, 3.05) is 13.7 Å². The first-order valence-electron chi connectivity index (χ1n) is 11.5. The lowest BCUT2D eigenvalue weighted by Crippen LogP contribution is -2.27. The Kier molecular flexibility index (Phi) is 6.46. The van der Waals surface area contributed by atoms with Gasteiger partial charge in [-0.25, -0.2) is 9.78 Å². The summed E-state index contributed by atoms with van der Waals surface area (Å²) in [5.41, 5.74) is 2.35. The van der Waals surface area contributed by atoms with Crippen molar-refractivity contribution in [3.63, 3.8) is 0 Å². The van der Waals surface area contributed by atoms with Gasteiger partial charge < -0.3 is 18.6 Å². The largest absolute Gasteiger partial charge is 0.496 e. The van der Waals surface area contributed by atoms with Crippen molar-refractivity contribution in [2.45, 2.75) is 46.1 Å². The molecule has 36 heavy (non-hydrogen) atoms. The van der Waals surface area contributed by atoms with Crippen molar-refractivity contribution in [3.05, 3.63) is 59.1 Å². The minimum atomic E-state index is -1.09. The van der Waals surface area contributed by atoms with Crippen LogP contribution < -0.4 is 4.74 Å². The van der Waals surface area contributed by atoms with Crippen LogP contribution in [0.2, 0.25) is 0 Å². The number of carbonyl (C=O) groups is 2. The standard InChI is InChI=1S/C27H27N3O6/c1-7-34-25(31)22(24-29-18-13-16(14-28)8-9-19(18)35-24)21-17-10-11-30(26(32)36-27(3,4)5)23(17)15(2)12-20(21)33-6/h8-13,22H,7H2,1-6H3. The molecule has 1 unspecified atom stereocenters. The van der Waals surface area contributed by atoms with E-state index < -0.39 is 23.6 Å². The molecular weight excluding hydrogens is 462 g/mol. The van der Waals surface area contributed by atoms with Crippen LogP contribution in [0.5, 0.6) is 5.75 Å². The fraction of sp³-hybridized carbons (Fsp3) is 0.333. The Balaban J connectivity index is 1.98. The summed E-state index contributed by atoms with van der Waals surface area (Å²) in [5, 5.41) is 9.83. The molecular formula is C27H27N3O6. The van der Waals surface area contributed by atoms with E-state index in [0.717, 1.165) is 5.56 Å². The number of nitriles is 1. The molecule has 4 aromatic rings. The molecule has 0 saturated carbocycles. The van der Waals surface area contributed by atoms with E-state index in [1.54, 1.807) is 64.2 Å². The van der Waals surface area contributed by atoms with Gasteiger partial charge in [0.1, 0.15) is 16.9 Å². The highest BCUT2D eigenvalue weighted by atomic mass is 16.6. The van der Waals surface area contributed by atoms with E-state index in [-0.39, 0.29) is 12.5 Å². The summed E-state index contributed by atoms with van der Waals surface area (Å²) in [6.07, 6.45) is 1.05. The summed E-state index contributed by atoms with van der Waals surface area (Å²) in [5.74, 6) is -1.17. The predicted octanol–water partition coefficient (Wildman–Crippen LogP) is 5.45. The van der Waals surface area contributed by atoms with Crippen LogP contribution in [0, 0.1) is 18.3 Å². The zero-order valence-corrected chi connectivity index (χ0v) is 21.0. The molecule has 0 bridgehead atoms. The Morgan fingerprint density at radius 3 is 2.61 bits per heavy atom. The first-order chi connectivity index (χ1) is 17.1. The van der Waals surface area contributed by atoms with Crippen LogP contribution in [-0.2, 0) is 14.3 Å². The minimum absolute atomic E-state index is 0.0898. The van der Waals surface area contributed by atoms with E-state index in [1.807, 2.05) is 6.92 Å². The van der Waals surface area contributed by atoms with Crippen LogP contribution in [0.4, 0.5) is 4.79 Å². The van der Waals surface area contributed by atoms with Crippen LogP contribution in [-0.4, -0.2) is 40.9 Å². The van der Waals surface area contributed by atoms with Gasteiger partial charge in [-0.2, -0.15) is 5.26 Å². The number of hydrogen-bond acceptors (Lipinski definition) is 8. The molecule has 0 spiro atoms. The van der Waals surface area contributed by atoms with Crippen molar-refractivity contribution in [3.8, 4) is 11.8 Å². The molecule has 9 heteroatoms. The first-order valence-corrected chi connectivity index (χ1v) is 11.5. The van der Waals surface area contributed by atoms with Gasteiger partial charge in [-0.15, -0.1) is 0 Å². The number of rotatable bonds is 5. The van der Waals surface area contributed by atoms with Crippen molar-refractivity contribution in [1.82, 2.24) is 9.55 Å². The van der Waals surface area contributed by atoms with Crippen molar-refractivity contribution in [2.24, 2.45) is 0 Å². The number of esters is 1. The van der Waals surface area contributed by atoms with E-state index >= 15 is 0 Å². The second-order valence-electron chi connectivity index (χ2n) is 9.27. The fourth-order valence-corrected chi connectivity index (χ4v) is 4.16. The number of benzene rings is 2. The van der Waals surface area contributed by atoms with E-state index in [9.17, 15) is 14.9 Å². The Hall–Kier alpha value is -4.32. The molecule has 0 radical (unpaired) electrons. The van der Waals surface area contributed by atoms with Crippen LogP contribution in [0.25, 0.3) is 22.0 Å². The minimum Gasteiger partial charge on any atom is -0.496 e. The summed E-state index contributed by atoms with van der Waals surface area (Å²) in [7, 11) is 1.50. The molecule has 1 atom stereocenters. The van der Waals surface area contributed by atoms with E-state index in [4.69, 9.17) is 18.6 Å². The number of carbonyl (C=O) groups excluding carboxylic acids is 2. The van der Waals surface area contributed by atoms with Gasteiger partial charge in [-0.1, -0.05) is 0 Å². The molecule has 0 aliphatic carbocycles. The highest BCUT2D eigenvalue weighted by molar-refractivity contribution is 5.99. The maximum absolute atomic E-state index is 13.3. The van der Waals surface area contributed by atoms with Gasteiger partial charge in [0.15, 0.2) is 11.5 Å². The molecule has 0 amide bonds. The quantitative estimate of drug-likeness (QED) is 0.340.